The Morgan fingerprint density at radius 3 is 2.28 bits per heavy atom. The van der Waals surface area contributed by atoms with Crippen molar-refractivity contribution >= 4 is 5.91 Å². The summed E-state index contributed by atoms with van der Waals surface area (Å²) < 4.78 is 0. The number of piperidine rings is 1. The summed E-state index contributed by atoms with van der Waals surface area (Å²) in [5.74, 6) is 3.72. The molecule has 0 atom stereocenters. The van der Waals surface area contributed by atoms with E-state index < -0.39 is 0 Å². The molecule has 1 aromatic heterocycles. The molecule has 4 aliphatic carbocycles. The van der Waals surface area contributed by atoms with Crippen LogP contribution in [0.15, 0.2) is 18.3 Å². The minimum Gasteiger partial charge on any atom is -0.339 e. The van der Waals surface area contributed by atoms with E-state index in [1.54, 1.807) is 0 Å². The lowest BCUT2D eigenvalue weighted by Crippen LogP contribution is -2.49. The van der Waals surface area contributed by atoms with Crippen molar-refractivity contribution in [3.05, 3.63) is 29.6 Å². The fourth-order valence-corrected chi connectivity index (χ4v) is 6.67. The molecule has 3 nitrogen and oxygen atoms in total. The van der Waals surface area contributed by atoms with E-state index in [0.717, 1.165) is 55.2 Å². The molecule has 0 unspecified atom stereocenters. The van der Waals surface area contributed by atoms with Crippen LogP contribution in [0.25, 0.3) is 0 Å². The number of pyridine rings is 1. The standard InChI is InChI=1S/C22H30N2O/c1-15-3-6-24(7-4-15)21(25)19-2-5-23-20(11-19)22-12-16-8-17(13-22)10-18(9-16)14-22/h2,5,11,15-18H,3-4,6-10,12-14H2,1H3. The quantitative estimate of drug-likeness (QED) is 0.799. The number of hydrogen-bond acceptors (Lipinski definition) is 2. The Kier molecular flexibility index (Phi) is 3.69. The van der Waals surface area contributed by atoms with Crippen LogP contribution in [-0.2, 0) is 5.41 Å². The Bertz CT molecular complexity index is 639. The summed E-state index contributed by atoms with van der Waals surface area (Å²) in [5, 5.41) is 0. The number of nitrogens with zero attached hydrogens (tertiary/aromatic N) is 2. The Hall–Kier alpha value is -1.38. The molecule has 4 saturated carbocycles. The number of hydrogen-bond donors (Lipinski definition) is 0. The normalized spacial score (nSPS) is 37.5. The van der Waals surface area contributed by atoms with Gasteiger partial charge in [0, 0.05) is 36.0 Å². The molecule has 3 heteroatoms. The predicted octanol–water partition coefficient (Wildman–Crippen LogP) is 4.42. The Morgan fingerprint density at radius 2 is 1.68 bits per heavy atom. The van der Waals surface area contributed by atoms with Crippen LogP contribution in [-0.4, -0.2) is 28.9 Å². The molecular weight excluding hydrogens is 308 g/mol. The molecule has 4 bridgehead atoms. The maximum atomic E-state index is 13.0. The molecule has 5 aliphatic rings. The SMILES string of the molecule is CC1CCN(C(=O)c2ccnc(C34CC5CC(CC(C5)C3)C4)c2)CC1. The molecule has 0 N–H and O–H groups in total. The number of likely N-dealkylation sites (tertiary alicyclic amines) is 1. The molecule has 0 radical (unpaired) electrons. The van der Waals surface area contributed by atoms with Gasteiger partial charge in [0.25, 0.3) is 5.91 Å². The molecule has 1 aliphatic heterocycles. The van der Waals surface area contributed by atoms with Crippen LogP contribution in [0, 0.1) is 23.7 Å². The molecule has 2 heterocycles. The average molecular weight is 338 g/mol. The summed E-state index contributed by atoms with van der Waals surface area (Å²) in [7, 11) is 0. The maximum absolute atomic E-state index is 13.0. The van der Waals surface area contributed by atoms with E-state index in [2.05, 4.69) is 17.9 Å². The highest BCUT2D eigenvalue weighted by atomic mass is 16.2. The van der Waals surface area contributed by atoms with Crippen molar-refractivity contribution in [3.63, 3.8) is 0 Å². The van der Waals surface area contributed by atoms with Crippen LogP contribution in [0.3, 0.4) is 0 Å². The summed E-state index contributed by atoms with van der Waals surface area (Å²) in [5.41, 5.74) is 2.37. The Morgan fingerprint density at radius 1 is 1.08 bits per heavy atom. The topological polar surface area (TPSA) is 33.2 Å². The lowest BCUT2D eigenvalue weighted by molar-refractivity contribution is -0.00723. The molecule has 1 amide bonds. The molecule has 6 rings (SSSR count). The van der Waals surface area contributed by atoms with Gasteiger partial charge >= 0.3 is 0 Å². The van der Waals surface area contributed by atoms with Gasteiger partial charge in [-0.25, -0.2) is 0 Å². The second-order valence-corrected chi connectivity index (χ2v) is 9.60. The molecular formula is C22H30N2O. The highest BCUT2D eigenvalue weighted by molar-refractivity contribution is 5.94. The smallest absolute Gasteiger partial charge is 0.253 e. The van der Waals surface area contributed by atoms with Gasteiger partial charge in [-0.15, -0.1) is 0 Å². The third-order valence-corrected chi connectivity index (χ3v) is 7.66. The number of amides is 1. The summed E-state index contributed by atoms with van der Waals surface area (Å²) in [6, 6.07) is 4.10. The van der Waals surface area contributed by atoms with Crippen LogP contribution in [0.2, 0.25) is 0 Å². The highest BCUT2D eigenvalue weighted by Crippen LogP contribution is 2.60. The van der Waals surface area contributed by atoms with Crippen molar-refractivity contribution in [2.24, 2.45) is 23.7 Å². The van der Waals surface area contributed by atoms with Crippen molar-refractivity contribution in [2.45, 2.75) is 63.7 Å². The van der Waals surface area contributed by atoms with Gasteiger partial charge in [0.15, 0.2) is 0 Å². The molecule has 1 saturated heterocycles. The van der Waals surface area contributed by atoms with Gasteiger partial charge in [-0.3, -0.25) is 9.78 Å². The van der Waals surface area contributed by atoms with Gasteiger partial charge < -0.3 is 4.90 Å². The summed E-state index contributed by atoms with van der Waals surface area (Å²) in [4.78, 5) is 19.8. The second kappa shape index (κ2) is 5.82. The van der Waals surface area contributed by atoms with Gasteiger partial charge in [0.2, 0.25) is 0 Å². The molecule has 25 heavy (non-hydrogen) atoms. The summed E-state index contributed by atoms with van der Waals surface area (Å²) in [6.45, 7) is 4.11. The van der Waals surface area contributed by atoms with Gasteiger partial charge in [-0.2, -0.15) is 0 Å². The fourth-order valence-electron chi connectivity index (χ4n) is 6.67. The Balaban J connectivity index is 1.41. The highest BCUT2D eigenvalue weighted by Gasteiger charge is 2.52. The minimum atomic E-state index is 0.222. The zero-order valence-electron chi connectivity index (χ0n) is 15.4. The first-order valence-electron chi connectivity index (χ1n) is 10.4. The molecule has 134 valence electrons. The molecule has 5 fully saturated rings. The first-order valence-corrected chi connectivity index (χ1v) is 10.4. The zero-order chi connectivity index (χ0) is 17.0. The van der Waals surface area contributed by atoms with Crippen molar-refractivity contribution in [1.29, 1.82) is 0 Å². The second-order valence-electron chi connectivity index (χ2n) is 9.60. The lowest BCUT2D eigenvalue weighted by Gasteiger charge is -2.56. The van der Waals surface area contributed by atoms with Crippen LogP contribution in [0.4, 0.5) is 0 Å². The van der Waals surface area contributed by atoms with Crippen molar-refractivity contribution in [3.8, 4) is 0 Å². The number of carbonyl (C=O) groups excluding carboxylic acids is 1. The first kappa shape index (κ1) is 15.8. The van der Waals surface area contributed by atoms with Crippen LogP contribution >= 0.6 is 0 Å². The van der Waals surface area contributed by atoms with Crippen LogP contribution < -0.4 is 0 Å². The third-order valence-electron chi connectivity index (χ3n) is 7.66. The number of rotatable bonds is 2. The van der Waals surface area contributed by atoms with E-state index in [9.17, 15) is 4.79 Å². The van der Waals surface area contributed by atoms with Crippen molar-refractivity contribution in [2.75, 3.05) is 13.1 Å². The van der Waals surface area contributed by atoms with E-state index in [0.29, 0.717) is 0 Å². The first-order chi connectivity index (χ1) is 12.1. The van der Waals surface area contributed by atoms with Crippen LogP contribution in [0.5, 0.6) is 0 Å². The van der Waals surface area contributed by atoms with Crippen molar-refractivity contribution < 1.29 is 4.79 Å². The fraction of sp³-hybridized carbons (Fsp3) is 0.727. The molecule has 0 aromatic carbocycles. The predicted molar refractivity (Wildman–Crippen MR) is 98.4 cm³/mol. The molecule has 0 spiro atoms. The monoisotopic (exact) mass is 338 g/mol. The van der Waals surface area contributed by atoms with E-state index >= 15 is 0 Å². The van der Waals surface area contributed by atoms with E-state index in [1.165, 1.54) is 44.2 Å². The largest absolute Gasteiger partial charge is 0.339 e. The average Bonchev–Trinajstić information content (AvgIpc) is 2.61. The third kappa shape index (κ3) is 2.71. The summed E-state index contributed by atoms with van der Waals surface area (Å²) in [6.07, 6.45) is 12.4. The maximum Gasteiger partial charge on any atom is 0.253 e. The zero-order valence-corrected chi connectivity index (χ0v) is 15.4. The van der Waals surface area contributed by atoms with Gasteiger partial charge in [-0.1, -0.05) is 6.92 Å². The summed E-state index contributed by atoms with van der Waals surface area (Å²) >= 11 is 0. The van der Waals surface area contributed by atoms with Gasteiger partial charge in [-0.05, 0) is 87.2 Å². The van der Waals surface area contributed by atoms with E-state index in [-0.39, 0.29) is 11.3 Å². The number of aromatic nitrogens is 1. The van der Waals surface area contributed by atoms with Gasteiger partial charge in [0.05, 0.1) is 0 Å². The van der Waals surface area contributed by atoms with Gasteiger partial charge in [0.1, 0.15) is 0 Å². The van der Waals surface area contributed by atoms with Crippen LogP contribution in [0.1, 0.15) is 74.3 Å². The number of carbonyl (C=O) groups is 1. The molecule has 1 aromatic rings. The van der Waals surface area contributed by atoms with Crippen molar-refractivity contribution in [1.82, 2.24) is 9.88 Å². The Labute approximate surface area is 151 Å². The van der Waals surface area contributed by atoms with E-state index in [4.69, 9.17) is 4.98 Å². The lowest BCUT2D eigenvalue weighted by atomic mass is 9.48. The minimum absolute atomic E-state index is 0.222. The van der Waals surface area contributed by atoms with E-state index in [1.807, 2.05) is 12.3 Å².